The van der Waals surface area contributed by atoms with Crippen LogP contribution >= 0.6 is 0 Å². The average Bonchev–Trinajstić information content (AvgIpc) is 2.26. The van der Waals surface area contributed by atoms with Crippen LogP contribution in [0.25, 0.3) is 6.08 Å². The molecule has 1 aromatic rings. The zero-order valence-electron chi connectivity index (χ0n) is 7.80. The van der Waals surface area contributed by atoms with Gasteiger partial charge in [-0.3, -0.25) is 4.98 Å². The lowest BCUT2D eigenvalue weighted by Gasteiger charge is -1.95. The van der Waals surface area contributed by atoms with Crippen LogP contribution in [0.4, 0.5) is 0 Å². The molecule has 0 aliphatic carbocycles. The average molecular weight is 193 g/mol. The van der Waals surface area contributed by atoms with Gasteiger partial charge in [-0.15, -0.1) is 0 Å². The van der Waals surface area contributed by atoms with Crippen molar-refractivity contribution in [1.29, 1.82) is 0 Å². The fourth-order valence-electron chi connectivity index (χ4n) is 0.860. The van der Waals surface area contributed by atoms with E-state index in [0.29, 0.717) is 5.69 Å². The highest BCUT2D eigenvalue weighted by Gasteiger charge is 1.93. The fourth-order valence-corrected chi connectivity index (χ4v) is 0.860. The second kappa shape index (κ2) is 5.14. The number of nitrogens with zero attached hydrogens (tertiary/aromatic N) is 1. The van der Waals surface area contributed by atoms with Crippen LogP contribution in [0.2, 0.25) is 0 Å². The minimum Gasteiger partial charge on any atom is -0.466 e. The molecule has 1 aromatic heterocycles. The molecule has 0 saturated heterocycles. The summed E-state index contributed by atoms with van der Waals surface area (Å²) in [6, 6.07) is 3.45. The van der Waals surface area contributed by atoms with Crippen LogP contribution in [0.3, 0.4) is 0 Å². The van der Waals surface area contributed by atoms with Gasteiger partial charge < -0.3 is 9.84 Å². The standard InChI is InChI=1S/C10H11NO3/c1-14-10(13)5-3-8-2-4-9(7-12)11-6-8/h2-6,12H,7H2,1H3. The van der Waals surface area contributed by atoms with Crippen LogP contribution in [0.1, 0.15) is 11.3 Å². The maximum atomic E-state index is 10.7. The van der Waals surface area contributed by atoms with Crippen LogP contribution < -0.4 is 0 Å². The summed E-state index contributed by atoms with van der Waals surface area (Å²) in [5.74, 6) is -0.406. The number of carbonyl (C=O) groups is 1. The number of aromatic nitrogens is 1. The first kappa shape index (κ1) is 10.4. The molecule has 0 fully saturated rings. The molecule has 0 saturated carbocycles. The number of carbonyl (C=O) groups excluding carboxylic acids is 1. The van der Waals surface area contributed by atoms with E-state index in [2.05, 4.69) is 9.72 Å². The molecule has 0 aliphatic rings. The van der Waals surface area contributed by atoms with Crippen molar-refractivity contribution in [3.63, 3.8) is 0 Å². The van der Waals surface area contributed by atoms with E-state index in [1.807, 2.05) is 0 Å². The number of hydrogen-bond donors (Lipinski definition) is 1. The van der Waals surface area contributed by atoms with Gasteiger partial charge in [-0.25, -0.2) is 4.79 Å². The van der Waals surface area contributed by atoms with E-state index in [1.165, 1.54) is 13.2 Å². The summed E-state index contributed by atoms with van der Waals surface area (Å²) < 4.78 is 4.43. The lowest BCUT2D eigenvalue weighted by molar-refractivity contribution is -0.134. The second-order valence-electron chi connectivity index (χ2n) is 2.60. The lowest BCUT2D eigenvalue weighted by Crippen LogP contribution is -1.93. The maximum absolute atomic E-state index is 10.7. The van der Waals surface area contributed by atoms with E-state index in [4.69, 9.17) is 5.11 Å². The molecule has 0 amide bonds. The summed E-state index contributed by atoms with van der Waals surface area (Å²) >= 11 is 0. The highest BCUT2D eigenvalue weighted by Crippen LogP contribution is 2.02. The van der Waals surface area contributed by atoms with Gasteiger partial charge in [0, 0.05) is 12.3 Å². The Labute approximate surface area is 81.9 Å². The third-order valence-corrected chi connectivity index (χ3v) is 1.62. The van der Waals surface area contributed by atoms with Crippen molar-refractivity contribution >= 4 is 12.0 Å². The van der Waals surface area contributed by atoms with E-state index >= 15 is 0 Å². The maximum Gasteiger partial charge on any atom is 0.330 e. The van der Waals surface area contributed by atoms with Crippen molar-refractivity contribution in [3.05, 3.63) is 35.7 Å². The highest BCUT2D eigenvalue weighted by molar-refractivity contribution is 5.86. The molecule has 0 bridgehead atoms. The van der Waals surface area contributed by atoms with Gasteiger partial charge in [-0.2, -0.15) is 0 Å². The van der Waals surface area contributed by atoms with Crippen molar-refractivity contribution < 1.29 is 14.6 Å². The molecule has 0 radical (unpaired) electrons. The Morgan fingerprint density at radius 1 is 1.64 bits per heavy atom. The Balaban J connectivity index is 2.68. The molecule has 14 heavy (non-hydrogen) atoms. The van der Waals surface area contributed by atoms with Crippen LogP contribution in [0.5, 0.6) is 0 Å². The molecule has 4 heteroatoms. The van der Waals surface area contributed by atoms with Gasteiger partial charge in [0.2, 0.25) is 0 Å². The molecule has 0 aromatic carbocycles. The summed E-state index contributed by atoms with van der Waals surface area (Å²) in [7, 11) is 1.32. The predicted octanol–water partition coefficient (Wildman–Crippen LogP) is 0.760. The molecular formula is C10H11NO3. The van der Waals surface area contributed by atoms with E-state index in [0.717, 1.165) is 5.56 Å². The molecule has 0 atom stereocenters. The number of methoxy groups -OCH3 is 1. The van der Waals surface area contributed by atoms with Crippen molar-refractivity contribution in [2.75, 3.05) is 7.11 Å². The van der Waals surface area contributed by atoms with Gasteiger partial charge in [0.25, 0.3) is 0 Å². The summed E-state index contributed by atoms with van der Waals surface area (Å²) in [5.41, 5.74) is 1.38. The first-order valence-electron chi connectivity index (χ1n) is 4.08. The van der Waals surface area contributed by atoms with Gasteiger partial charge in [0.1, 0.15) is 0 Å². The fraction of sp³-hybridized carbons (Fsp3) is 0.200. The van der Waals surface area contributed by atoms with Crippen molar-refractivity contribution in [3.8, 4) is 0 Å². The second-order valence-corrected chi connectivity index (χ2v) is 2.60. The molecule has 1 heterocycles. The first-order valence-corrected chi connectivity index (χ1v) is 4.08. The number of aliphatic hydroxyl groups is 1. The number of ether oxygens (including phenoxy) is 1. The van der Waals surface area contributed by atoms with Crippen LogP contribution in [-0.2, 0) is 16.1 Å². The number of pyridine rings is 1. The minimum absolute atomic E-state index is 0.0823. The largest absolute Gasteiger partial charge is 0.466 e. The van der Waals surface area contributed by atoms with Crippen molar-refractivity contribution in [2.24, 2.45) is 0 Å². The summed E-state index contributed by atoms with van der Waals surface area (Å²) in [6.07, 6.45) is 4.49. The molecule has 1 N–H and O–H groups in total. The Bertz CT molecular complexity index is 330. The molecule has 0 spiro atoms. The normalized spacial score (nSPS) is 10.4. The third-order valence-electron chi connectivity index (χ3n) is 1.62. The Morgan fingerprint density at radius 3 is 2.93 bits per heavy atom. The van der Waals surface area contributed by atoms with Gasteiger partial charge in [0.05, 0.1) is 19.4 Å². The van der Waals surface area contributed by atoms with E-state index in [9.17, 15) is 4.79 Å². The topological polar surface area (TPSA) is 59.4 Å². The zero-order chi connectivity index (χ0) is 10.4. The van der Waals surface area contributed by atoms with Crippen LogP contribution in [0, 0.1) is 0 Å². The van der Waals surface area contributed by atoms with Crippen LogP contribution in [0.15, 0.2) is 24.4 Å². The molecule has 4 nitrogen and oxygen atoms in total. The van der Waals surface area contributed by atoms with Crippen LogP contribution in [-0.4, -0.2) is 23.2 Å². The third kappa shape index (κ3) is 2.99. The summed E-state index contributed by atoms with van der Waals surface area (Å²) in [6.45, 7) is -0.0823. The predicted molar refractivity (Wildman–Crippen MR) is 51.2 cm³/mol. The zero-order valence-corrected chi connectivity index (χ0v) is 7.80. The smallest absolute Gasteiger partial charge is 0.330 e. The van der Waals surface area contributed by atoms with Gasteiger partial charge in [-0.1, -0.05) is 6.07 Å². The SMILES string of the molecule is COC(=O)C=Cc1ccc(CO)nc1. The van der Waals surface area contributed by atoms with Crippen molar-refractivity contribution in [2.45, 2.75) is 6.61 Å². The summed E-state index contributed by atoms with van der Waals surface area (Å²) in [5, 5.41) is 8.73. The molecule has 1 rings (SSSR count). The highest BCUT2D eigenvalue weighted by atomic mass is 16.5. The Morgan fingerprint density at radius 2 is 2.43 bits per heavy atom. The number of esters is 1. The number of rotatable bonds is 3. The molecule has 0 aliphatic heterocycles. The van der Waals surface area contributed by atoms with Gasteiger partial charge >= 0.3 is 5.97 Å². The lowest BCUT2D eigenvalue weighted by atomic mass is 10.2. The van der Waals surface area contributed by atoms with E-state index < -0.39 is 5.97 Å². The molecule has 0 unspecified atom stereocenters. The Kier molecular flexibility index (Phi) is 3.82. The van der Waals surface area contributed by atoms with Gasteiger partial charge in [0.15, 0.2) is 0 Å². The van der Waals surface area contributed by atoms with E-state index in [-0.39, 0.29) is 6.61 Å². The monoisotopic (exact) mass is 193 g/mol. The summed E-state index contributed by atoms with van der Waals surface area (Å²) in [4.78, 5) is 14.7. The molecular weight excluding hydrogens is 182 g/mol. The number of aliphatic hydroxyl groups excluding tert-OH is 1. The first-order chi connectivity index (χ1) is 6.76. The van der Waals surface area contributed by atoms with Crippen molar-refractivity contribution in [1.82, 2.24) is 4.98 Å². The molecule has 74 valence electrons. The van der Waals surface area contributed by atoms with E-state index in [1.54, 1.807) is 24.4 Å². The quantitative estimate of drug-likeness (QED) is 0.568. The number of hydrogen-bond acceptors (Lipinski definition) is 4. The minimum atomic E-state index is -0.406. The Hall–Kier alpha value is -1.68. The van der Waals surface area contributed by atoms with Gasteiger partial charge in [-0.05, 0) is 17.7 Å².